The smallest absolute Gasteiger partial charge is 0.349 e. The van der Waals surface area contributed by atoms with E-state index in [2.05, 4.69) is 0 Å². The van der Waals surface area contributed by atoms with E-state index >= 15 is 0 Å². The molecular formula is C22H21FO4S2. The van der Waals surface area contributed by atoms with Crippen LogP contribution in [0.2, 0.25) is 0 Å². The quantitative estimate of drug-likeness (QED) is 0.601. The third-order valence-corrected chi connectivity index (χ3v) is 7.70. The van der Waals surface area contributed by atoms with Gasteiger partial charge in [0.05, 0.1) is 4.90 Å². The van der Waals surface area contributed by atoms with Crippen LogP contribution >= 0.6 is 11.3 Å². The third-order valence-electron chi connectivity index (χ3n) is 5.35. The minimum atomic E-state index is -3.31. The van der Waals surface area contributed by atoms with Crippen LogP contribution in [0.5, 0.6) is 0 Å². The fourth-order valence-electron chi connectivity index (χ4n) is 3.94. The van der Waals surface area contributed by atoms with Crippen molar-refractivity contribution in [2.24, 2.45) is 5.92 Å². The average molecular weight is 433 g/mol. The number of cyclic esters (lactones) is 1. The number of thiophene rings is 1. The number of carbonyl (C=O) groups is 1. The predicted molar refractivity (Wildman–Crippen MR) is 112 cm³/mol. The molecule has 0 saturated carbocycles. The fraction of sp³-hybridized carbons (Fsp3) is 0.318. The van der Waals surface area contributed by atoms with Gasteiger partial charge in [0.25, 0.3) is 0 Å². The summed E-state index contributed by atoms with van der Waals surface area (Å²) in [5.74, 6) is -0.558. The number of esters is 1. The lowest BCUT2D eigenvalue weighted by Gasteiger charge is -2.23. The fourth-order valence-corrected chi connectivity index (χ4v) is 6.06. The number of rotatable bonds is 3. The van der Waals surface area contributed by atoms with E-state index in [9.17, 15) is 17.6 Å². The number of fused-ring (bicyclic) bond motifs is 1. The van der Waals surface area contributed by atoms with Gasteiger partial charge in [0.15, 0.2) is 9.84 Å². The number of halogens is 1. The van der Waals surface area contributed by atoms with Crippen LogP contribution in [0.4, 0.5) is 4.39 Å². The second kappa shape index (κ2) is 6.64. The molecule has 0 amide bonds. The summed E-state index contributed by atoms with van der Waals surface area (Å²) in [4.78, 5) is 14.2. The lowest BCUT2D eigenvalue weighted by atomic mass is 9.85. The normalized spacial score (nSPS) is 20.7. The van der Waals surface area contributed by atoms with E-state index in [4.69, 9.17) is 4.74 Å². The van der Waals surface area contributed by atoms with Crippen LogP contribution in [0.15, 0.2) is 47.1 Å². The van der Waals surface area contributed by atoms with Gasteiger partial charge in [-0.3, -0.25) is 0 Å². The standard InChI is InChI=1S/C22H21FO4S2/c1-12-11-14(23)7-10-16(12)19-17(13-5-8-15(9-6-13)29(4,25)26)18-20(28-19)21(24)27-22(18,2)3/h5-10,12H,11H2,1-4H3. The molecule has 0 saturated heterocycles. The Bertz CT molecular complexity index is 1180. The van der Waals surface area contributed by atoms with Gasteiger partial charge in [-0.25, -0.2) is 17.6 Å². The van der Waals surface area contributed by atoms with Crippen molar-refractivity contribution in [2.45, 2.75) is 37.7 Å². The van der Waals surface area contributed by atoms with Gasteiger partial charge in [-0.2, -0.15) is 0 Å². The molecule has 1 aromatic carbocycles. The highest BCUT2D eigenvalue weighted by molar-refractivity contribution is 7.90. The van der Waals surface area contributed by atoms with E-state index in [1.165, 1.54) is 23.7 Å². The maximum atomic E-state index is 13.7. The van der Waals surface area contributed by atoms with Crippen molar-refractivity contribution < 1.29 is 22.3 Å². The molecule has 7 heteroatoms. The summed E-state index contributed by atoms with van der Waals surface area (Å²) in [6.07, 6.45) is 4.73. The highest BCUT2D eigenvalue weighted by Gasteiger charge is 2.44. The van der Waals surface area contributed by atoms with Gasteiger partial charge in [0, 0.05) is 28.7 Å². The van der Waals surface area contributed by atoms with Crippen LogP contribution in [0, 0.1) is 5.92 Å². The molecule has 0 spiro atoms. The monoisotopic (exact) mass is 432 g/mol. The topological polar surface area (TPSA) is 60.4 Å². The first kappa shape index (κ1) is 20.0. The summed E-state index contributed by atoms with van der Waals surface area (Å²) in [7, 11) is -3.31. The van der Waals surface area contributed by atoms with Crippen molar-refractivity contribution >= 4 is 32.7 Å². The Hall–Kier alpha value is -2.25. The maximum Gasteiger partial charge on any atom is 0.349 e. The molecule has 1 atom stereocenters. The Morgan fingerprint density at radius 2 is 1.79 bits per heavy atom. The van der Waals surface area contributed by atoms with E-state index < -0.39 is 15.4 Å². The van der Waals surface area contributed by atoms with Crippen molar-refractivity contribution in [1.82, 2.24) is 0 Å². The molecule has 1 aliphatic heterocycles. The minimum Gasteiger partial charge on any atom is -0.450 e. The Morgan fingerprint density at radius 3 is 2.38 bits per heavy atom. The Kier molecular flexibility index (Phi) is 4.59. The van der Waals surface area contributed by atoms with Gasteiger partial charge < -0.3 is 4.74 Å². The van der Waals surface area contributed by atoms with E-state index in [1.807, 2.05) is 20.8 Å². The molecular weight excluding hydrogens is 411 g/mol. The summed E-state index contributed by atoms with van der Waals surface area (Å²) in [6.45, 7) is 5.66. The van der Waals surface area contributed by atoms with E-state index in [0.717, 1.165) is 27.1 Å². The number of hydrogen-bond donors (Lipinski definition) is 0. The van der Waals surface area contributed by atoms with Crippen molar-refractivity contribution in [3.8, 4) is 11.1 Å². The molecule has 2 aliphatic rings. The molecule has 0 fully saturated rings. The van der Waals surface area contributed by atoms with Gasteiger partial charge in [-0.1, -0.05) is 25.1 Å². The predicted octanol–water partition coefficient (Wildman–Crippen LogP) is 5.50. The van der Waals surface area contributed by atoms with Crippen LogP contribution in [0.25, 0.3) is 16.7 Å². The van der Waals surface area contributed by atoms with Gasteiger partial charge >= 0.3 is 5.97 Å². The molecule has 2 aromatic rings. The second-order valence-electron chi connectivity index (χ2n) is 8.05. The van der Waals surface area contributed by atoms with Crippen LogP contribution in [-0.2, 0) is 20.2 Å². The summed E-state index contributed by atoms with van der Waals surface area (Å²) >= 11 is 1.36. The Morgan fingerprint density at radius 1 is 1.14 bits per heavy atom. The molecule has 152 valence electrons. The highest BCUT2D eigenvalue weighted by Crippen LogP contribution is 2.52. The highest BCUT2D eigenvalue weighted by atomic mass is 32.2. The lowest BCUT2D eigenvalue weighted by Crippen LogP contribution is -2.17. The van der Waals surface area contributed by atoms with Crippen molar-refractivity contribution in [3.05, 3.63) is 57.6 Å². The first-order chi connectivity index (χ1) is 13.5. The maximum absolute atomic E-state index is 13.7. The number of hydrogen-bond acceptors (Lipinski definition) is 5. The molecule has 2 heterocycles. The van der Waals surface area contributed by atoms with Gasteiger partial charge in [-0.15, -0.1) is 11.3 Å². The zero-order chi connectivity index (χ0) is 21.1. The Balaban J connectivity index is 1.97. The molecule has 4 nitrogen and oxygen atoms in total. The van der Waals surface area contributed by atoms with Crippen LogP contribution in [0.1, 0.15) is 47.3 Å². The molecule has 0 radical (unpaired) electrons. The zero-order valence-electron chi connectivity index (χ0n) is 16.6. The van der Waals surface area contributed by atoms with E-state index in [-0.39, 0.29) is 22.6 Å². The molecule has 4 rings (SSSR count). The third kappa shape index (κ3) is 3.36. The van der Waals surface area contributed by atoms with Crippen molar-refractivity contribution in [3.63, 3.8) is 0 Å². The van der Waals surface area contributed by atoms with E-state index in [1.54, 1.807) is 30.3 Å². The first-order valence-electron chi connectivity index (χ1n) is 9.27. The number of allylic oxidation sites excluding steroid dienone is 4. The van der Waals surface area contributed by atoms with Crippen LogP contribution in [0.3, 0.4) is 0 Å². The van der Waals surface area contributed by atoms with Crippen molar-refractivity contribution in [2.75, 3.05) is 6.26 Å². The molecule has 0 N–H and O–H groups in total. The van der Waals surface area contributed by atoms with E-state index in [0.29, 0.717) is 11.3 Å². The largest absolute Gasteiger partial charge is 0.450 e. The summed E-state index contributed by atoms with van der Waals surface area (Å²) in [5.41, 5.74) is 2.63. The summed E-state index contributed by atoms with van der Waals surface area (Å²) in [5, 5.41) is 0. The average Bonchev–Trinajstić information content (AvgIpc) is 3.11. The van der Waals surface area contributed by atoms with Gasteiger partial charge in [0.2, 0.25) is 0 Å². The lowest BCUT2D eigenvalue weighted by molar-refractivity contribution is 0.00981. The molecule has 29 heavy (non-hydrogen) atoms. The SMILES string of the molecule is CC1CC(F)=CC=C1c1sc2c(c1-c1ccc(S(C)(=O)=O)cc1)C(C)(C)OC2=O. The Labute approximate surface area is 173 Å². The molecule has 1 aliphatic carbocycles. The minimum absolute atomic E-state index is 0.0352. The summed E-state index contributed by atoms with van der Waals surface area (Å²) in [6, 6.07) is 6.65. The van der Waals surface area contributed by atoms with Gasteiger partial charge in [0.1, 0.15) is 16.3 Å². The number of carbonyl (C=O) groups excluding carboxylic acids is 1. The molecule has 1 aromatic heterocycles. The second-order valence-corrected chi connectivity index (χ2v) is 11.1. The zero-order valence-corrected chi connectivity index (χ0v) is 18.2. The number of ether oxygens (including phenoxy) is 1. The molecule has 0 bridgehead atoms. The van der Waals surface area contributed by atoms with Gasteiger partial charge in [-0.05, 0) is 49.1 Å². The summed E-state index contributed by atoms with van der Waals surface area (Å²) < 4.78 is 43.0. The number of sulfone groups is 1. The first-order valence-corrected chi connectivity index (χ1v) is 12.0. The number of benzene rings is 1. The molecule has 1 unspecified atom stereocenters. The van der Waals surface area contributed by atoms with Crippen molar-refractivity contribution in [1.29, 1.82) is 0 Å². The van der Waals surface area contributed by atoms with Crippen LogP contribution < -0.4 is 0 Å². The van der Waals surface area contributed by atoms with Crippen LogP contribution in [-0.4, -0.2) is 20.6 Å².